The van der Waals surface area contributed by atoms with Gasteiger partial charge in [0.2, 0.25) is 11.8 Å². The van der Waals surface area contributed by atoms with E-state index in [-0.39, 0.29) is 17.9 Å². The predicted octanol–water partition coefficient (Wildman–Crippen LogP) is 0.161. The summed E-state index contributed by atoms with van der Waals surface area (Å²) in [6.45, 7) is 9.00. The Kier molecular flexibility index (Phi) is 4.40. The van der Waals surface area contributed by atoms with Crippen molar-refractivity contribution < 1.29 is 9.59 Å². The minimum absolute atomic E-state index is 0.0194. The van der Waals surface area contributed by atoms with Gasteiger partial charge in [-0.25, -0.2) is 0 Å². The molecular formula is C13H23N3O2S. The smallest absolute Gasteiger partial charge is 0.248 e. The van der Waals surface area contributed by atoms with Crippen LogP contribution in [0.5, 0.6) is 0 Å². The zero-order chi connectivity index (χ0) is 14.0. The summed E-state index contributed by atoms with van der Waals surface area (Å²) in [6.07, 6.45) is 0. The van der Waals surface area contributed by atoms with Gasteiger partial charge < -0.3 is 10.2 Å². The number of hydrogen-bond acceptors (Lipinski definition) is 4. The first-order valence-electron chi connectivity index (χ1n) is 6.85. The van der Waals surface area contributed by atoms with Crippen LogP contribution in [0.2, 0.25) is 0 Å². The van der Waals surface area contributed by atoms with Crippen LogP contribution in [0.4, 0.5) is 0 Å². The lowest BCUT2D eigenvalue weighted by molar-refractivity contribution is -0.152. The average molecular weight is 285 g/mol. The normalized spacial score (nSPS) is 28.4. The fourth-order valence-electron chi connectivity index (χ4n) is 2.51. The van der Waals surface area contributed by atoms with Crippen LogP contribution in [0.3, 0.4) is 0 Å². The molecule has 2 aliphatic heterocycles. The predicted molar refractivity (Wildman–Crippen MR) is 77.2 cm³/mol. The molecule has 0 aromatic carbocycles. The number of nitrogens with zero attached hydrogens (tertiary/aromatic N) is 2. The molecule has 0 aliphatic carbocycles. The average Bonchev–Trinajstić information content (AvgIpc) is 2.37. The van der Waals surface area contributed by atoms with Crippen LogP contribution in [0.25, 0.3) is 0 Å². The summed E-state index contributed by atoms with van der Waals surface area (Å²) in [6, 6.07) is -0.361. The topological polar surface area (TPSA) is 52.7 Å². The number of rotatable bonds is 3. The van der Waals surface area contributed by atoms with Gasteiger partial charge in [0.15, 0.2) is 0 Å². The second-order valence-electron chi connectivity index (χ2n) is 5.74. The third-order valence-corrected chi connectivity index (χ3v) is 4.78. The van der Waals surface area contributed by atoms with Gasteiger partial charge in [0.05, 0.1) is 0 Å². The maximum absolute atomic E-state index is 12.4. The van der Waals surface area contributed by atoms with Crippen molar-refractivity contribution >= 4 is 23.6 Å². The highest BCUT2D eigenvalue weighted by molar-refractivity contribution is 7.99. The summed E-state index contributed by atoms with van der Waals surface area (Å²) in [4.78, 5) is 28.4. The molecule has 0 saturated carbocycles. The maximum atomic E-state index is 12.4. The highest BCUT2D eigenvalue weighted by atomic mass is 32.2. The van der Waals surface area contributed by atoms with E-state index in [1.54, 1.807) is 25.7 Å². The van der Waals surface area contributed by atoms with Gasteiger partial charge in [-0.05, 0) is 20.8 Å². The molecular weight excluding hydrogens is 262 g/mol. The molecule has 6 heteroatoms. The lowest BCUT2D eigenvalue weighted by Crippen LogP contribution is -2.68. The van der Waals surface area contributed by atoms with E-state index >= 15 is 0 Å². The summed E-state index contributed by atoms with van der Waals surface area (Å²) >= 11 is 1.98. The van der Waals surface area contributed by atoms with Crippen molar-refractivity contribution in [3.8, 4) is 0 Å². The summed E-state index contributed by atoms with van der Waals surface area (Å²) in [5.74, 6) is 2.29. The molecule has 2 heterocycles. The Morgan fingerprint density at radius 3 is 2.53 bits per heavy atom. The highest BCUT2D eigenvalue weighted by Crippen LogP contribution is 2.18. The van der Waals surface area contributed by atoms with Gasteiger partial charge in [-0.3, -0.25) is 14.5 Å². The second kappa shape index (κ2) is 5.71. The summed E-state index contributed by atoms with van der Waals surface area (Å²) in [5.41, 5.74) is -0.776. The van der Waals surface area contributed by atoms with Crippen LogP contribution in [0.15, 0.2) is 0 Å². The van der Waals surface area contributed by atoms with Crippen molar-refractivity contribution in [1.82, 2.24) is 15.1 Å². The van der Waals surface area contributed by atoms with Crippen LogP contribution in [-0.2, 0) is 9.59 Å². The van der Waals surface area contributed by atoms with E-state index < -0.39 is 5.54 Å². The number of hydrogen-bond donors (Lipinski definition) is 1. The van der Waals surface area contributed by atoms with E-state index in [0.29, 0.717) is 6.54 Å². The first-order chi connectivity index (χ1) is 8.92. The molecule has 5 nitrogen and oxygen atoms in total. The molecule has 0 radical (unpaired) electrons. The second-order valence-corrected chi connectivity index (χ2v) is 6.97. The Labute approximate surface area is 119 Å². The Morgan fingerprint density at radius 1 is 1.26 bits per heavy atom. The van der Waals surface area contributed by atoms with Gasteiger partial charge in [0.1, 0.15) is 11.6 Å². The lowest BCUT2D eigenvalue weighted by Gasteiger charge is -2.42. The minimum atomic E-state index is -0.776. The van der Waals surface area contributed by atoms with Crippen molar-refractivity contribution in [2.45, 2.75) is 32.4 Å². The SMILES string of the molecule is CC1C(=O)NC(C)(C)C(=O)N1CCN1CCSCC1. The van der Waals surface area contributed by atoms with E-state index in [2.05, 4.69) is 10.2 Å². The van der Waals surface area contributed by atoms with Gasteiger partial charge in [0, 0.05) is 37.7 Å². The molecule has 0 spiro atoms. The summed E-state index contributed by atoms with van der Waals surface area (Å²) < 4.78 is 0. The quantitative estimate of drug-likeness (QED) is 0.803. The van der Waals surface area contributed by atoms with Crippen LogP contribution >= 0.6 is 11.8 Å². The van der Waals surface area contributed by atoms with Crippen molar-refractivity contribution in [2.75, 3.05) is 37.7 Å². The van der Waals surface area contributed by atoms with Crippen LogP contribution < -0.4 is 5.32 Å². The monoisotopic (exact) mass is 285 g/mol. The minimum Gasteiger partial charge on any atom is -0.340 e. The van der Waals surface area contributed by atoms with Crippen LogP contribution in [0, 0.1) is 0 Å². The molecule has 0 aromatic heterocycles. The summed E-state index contributed by atoms with van der Waals surface area (Å²) in [7, 11) is 0. The first-order valence-corrected chi connectivity index (χ1v) is 8.00. The van der Waals surface area contributed by atoms with Gasteiger partial charge in [0.25, 0.3) is 0 Å². The zero-order valence-electron chi connectivity index (χ0n) is 11.9. The fourth-order valence-corrected chi connectivity index (χ4v) is 3.49. The number of amides is 2. The van der Waals surface area contributed by atoms with Crippen molar-refractivity contribution in [3.63, 3.8) is 0 Å². The zero-order valence-corrected chi connectivity index (χ0v) is 12.8. The Morgan fingerprint density at radius 2 is 1.89 bits per heavy atom. The van der Waals surface area contributed by atoms with Gasteiger partial charge in [-0.15, -0.1) is 0 Å². The molecule has 19 heavy (non-hydrogen) atoms. The Bertz CT molecular complexity index is 367. The van der Waals surface area contributed by atoms with Crippen molar-refractivity contribution in [3.05, 3.63) is 0 Å². The molecule has 1 N–H and O–H groups in total. The molecule has 1 atom stereocenters. The molecule has 2 rings (SSSR count). The van der Waals surface area contributed by atoms with E-state index in [1.165, 1.54) is 0 Å². The Hall–Kier alpha value is -0.750. The number of thioether (sulfide) groups is 1. The van der Waals surface area contributed by atoms with E-state index in [4.69, 9.17) is 0 Å². The number of piperazine rings is 1. The summed E-state index contributed by atoms with van der Waals surface area (Å²) in [5, 5.41) is 2.78. The molecule has 0 aromatic rings. The van der Waals surface area contributed by atoms with Crippen LogP contribution in [-0.4, -0.2) is 70.9 Å². The molecule has 1 unspecified atom stereocenters. The third-order valence-electron chi connectivity index (χ3n) is 3.84. The maximum Gasteiger partial charge on any atom is 0.248 e. The van der Waals surface area contributed by atoms with Gasteiger partial charge in [-0.2, -0.15) is 11.8 Å². The fraction of sp³-hybridized carbons (Fsp3) is 0.846. The molecule has 2 saturated heterocycles. The molecule has 2 amide bonds. The first kappa shape index (κ1) is 14.7. The molecule has 0 bridgehead atoms. The molecule has 2 fully saturated rings. The van der Waals surface area contributed by atoms with Crippen molar-refractivity contribution in [1.29, 1.82) is 0 Å². The lowest BCUT2D eigenvalue weighted by atomic mass is 9.97. The number of nitrogens with one attached hydrogen (secondary N) is 1. The number of carbonyl (C=O) groups excluding carboxylic acids is 2. The van der Waals surface area contributed by atoms with E-state index in [9.17, 15) is 9.59 Å². The molecule has 2 aliphatic rings. The molecule has 108 valence electrons. The number of carbonyl (C=O) groups is 2. The van der Waals surface area contributed by atoms with Crippen molar-refractivity contribution in [2.24, 2.45) is 0 Å². The van der Waals surface area contributed by atoms with E-state index in [0.717, 1.165) is 31.1 Å². The third kappa shape index (κ3) is 3.23. The van der Waals surface area contributed by atoms with Gasteiger partial charge in [-0.1, -0.05) is 0 Å². The van der Waals surface area contributed by atoms with Gasteiger partial charge >= 0.3 is 0 Å². The highest BCUT2D eigenvalue weighted by Gasteiger charge is 2.43. The standard InChI is InChI=1S/C13H23N3O2S/c1-10-11(17)14-13(2,3)12(18)16(10)5-4-15-6-8-19-9-7-15/h10H,4-9H2,1-3H3,(H,14,17). The largest absolute Gasteiger partial charge is 0.340 e. The van der Waals surface area contributed by atoms with E-state index in [1.807, 2.05) is 11.8 Å². The Balaban J connectivity index is 1.96. The van der Waals surface area contributed by atoms with Crippen LogP contribution in [0.1, 0.15) is 20.8 Å².